The molecule has 1 aromatic carbocycles. The Hall–Kier alpha value is -3.48. The highest BCUT2D eigenvalue weighted by molar-refractivity contribution is 6.07. The Morgan fingerprint density at radius 2 is 1.77 bits per heavy atom. The van der Waals surface area contributed by atoms with Gasteiger partial charge in [0, 0.05) is 12.3 Å². The van der Waals surface area contributed by atoms with E-state index in [2.05, 4.69) is 10.3 Å². The minimum absolute atomic E-state index is 0.0618. The third-order valence-electron chi connectivity index (χ3n) is 4.57. The Morgan fingerprint density at radius 1 is 1.04 bits per heavy atom. The highest BCUT2D eigenvalue weighted by Crippen LogP contribution is 2.29. The fourth-order valence-electron chi connectivity index (χ4n) is 3.15. The van der Waals surface area contributed by atoms with Crippen LogP contribution < -0.4 is 10.9 Å². The number of nitrogens with zero attached hydrogens (tertiary/aromatic N) is 3. The predicted molar refractivity (Wildman–Crippen MR) is 94.3 cm³/mol. The van der Waals surface area contributed by atoms with Crippen molar-refractivity contribution in [2.45, 2.75) is 19.0 Å². The molecule has 3 aromatic rings. The van der Waals surface area contributed by atoms with Gasteiger partial charge in [0.05, 0.1) is 12.2 Å². The molecule has 1 aliphatic heterocycles. The molecule has 1 saturated heterocycles. The molecule has 7 nitrogen and oxygen atoms in total. The van der Waals surface area contributed by atoms with E-state index in [1.165, 1.54) is 10.5 Å². The second kappa shape index (κ2) is 5.80. The lowest BCUT2D eigenvalue weighted by molar-refractivity contribution is -0.131. The van der Waals surface area contributed by atoms with Crippen LogP contribution >= 0.6 is 0 Å². The van der Waals surface area contributed by atoms with Gasteiger partial charge >= 0.3 is 6.03 Å². The molecule has 1 N–H and O–H groups in total. The summed E-state index contributed by atoms with van der Waals surface area (Å²) in [5, 5.41) is 2.74. The maximum Gasteiger partial charge on any atom is 0.325 e. The quantitative estimate of drug-likeness (QED) is 0.730. The van der Waals surface area contributed by atoms with Crippen LogP contribution in [0, 0.1) is 0 Å². The Balaban J connectivity index is 1.68. The minimum atomic E-state index is -1.13. The molecule has 0 spiro atoms. The van der Waals surface area contributed by atoms with Crippen molar-refractivity contribution in [2.24, 2.45) is 0 Å². The summed E-state index contributed by atoms with van der Waals surface area (Å²) in [7, 11) is 0. The number of imide groups is 1. The van der Waals surface area contributed by atoms with E-state index in [9.17, 15) is 14.4 Å². The zero-order valence-corrected chi connectivity index (χ0v) is 14.0. The maximum atomic E-state index is 12.9. The fraction of sp³-hybridized carbons (Fsp3) is 0.158. The van der Waals surface area contributed by atoms with Crippen LogP contribution in [0.25, 0.3) is 5.65 Å². The van der Waals surface area contributed by atoms with Gasteiger partial charge in [0.1, 0.15) is 11.2 Å². The summed E-state index contributed by atoms with van der Waals surface area (Å²) in [6, 6.07) is 15.1. The molecule has 0 aliphatic carbocycles. The molecule has 130 valence electrons. The van der Waals surface area contributed by atoms with Gasteiger partial charge in [-0.25, -0.2) is 9.78 Å². The number of amides is 3. The van der Waals surface area contributed by atoms with Gasteiger partial charge in [0.2, 0.25) is 0 Å². The molecule has 4 rings (SSSR count). The number of rotatable bonds is 3. The van der Waals surface area contributed by atoms with Crippen molar-refractivity contribution in [1.82, 2.24) is 19.6 Å². The molecule has 0 bridgehead atoms. The number of pyridine rings is 1. The van der Waals surface area contributed by atoms with Crippen LogP contribution in [0.15, 0.2) is 65.6 Å². The van der Waals surface area contributed by atoms with Crippen molar-refractivity contribution < 1.29 is 9.59 Å². The van der Waals surface area contributed by atoms with Crippen LogP contribution in [0.3, 0.4) is 0 Å². The molecule has 3 amide bonds. The highest BCUT2D eigenvalue weighted by atomic mass is 16.2. The second-order valence-electron chi connectivity index (χ2n) is 6.33. The van der Waals surface area contributed by atoms with Gasteiger partial charge in [0.25, 0.3) is 11.5 Å². The predicted octanol–water partition coefficient (Wildman–Crippen LogP) is 1.66. The van der Waals surface area contributed by atoms with E-state index < -0.39 is 11.6 Å². The monoisotopic (exact) mass is 348 g/mol. The molecule has 1 aliphatic rings. The van der Waals surface area contributed by atoms with Crippen LogP contribution in [-0.2, 0) is 16.9 Å². The number of nitrogens with one attached hydrogen (secondary N) is 1. The summed E-state index contributed by atoms with van der Waals surface area (Å²) in [6.07, 6.45) is 1.62. The first kappa shape index (κ1) is 16.0. The number of carbonyl (C=O) groups is 2. The lowest BCUT2D eigenvalue weighted by Crippen LogP contribution is -2.40. The van der Waals surface area contributed by atoms with E-state index in [-0.39, 0.29) is 18.0 Å². The van der Waals surface area contributed by atoms with E-state index in [4.69, 9.17) is 0 Å². The molecule has 7 heteroatoms. The third kappa shape index (κ3) is 2.45. The number of fused-ring (bicyclic) bond motifs is 1. The summed E-state index contributed by atoms with van der Waals surface area (Å²) in [5.74, 6) is -0.372. The number of urea groups is 1. The Labute approximate surface area is 148 Å². The van der Waals surface area contributed by atoms with Gasteiger partial charge in [-0.05, 0) is 24.6 Å². The SMILES string of the molecule is C[C@@]1(c2ccccc2)NC(=O)N(Cc2cc(=O)n3ccccc3n2)C1=O. The van der Waals surface area contributed by atoms with Crippen LogP contribution in [-0.4, -0.2) is 26.2 Å². The number of hydrogen-bond acceptors (Lipinski definition) is 4. The number of hydrogen-bond donors (Lipinski definition) is 1. The van der Waals surface area contributed by atoms with E-state index in [0.29, 0.717) is 16.9 Å². The number of benzene rings is 1. The summed E-state index contributed by atoms with van der Waals surface area (Å²) in [4.78, 5) is 43.0. The Kier molecular flexibility index (Phi) is 3.57. The molecule has 1 atom stereocenters. The van der Waals surface area contributed by atoms with E-state index >= 15 is 0 Å². The average Bonchev–Trinajstić information content (AvgIpc) is 2.87. The van der Waals surface area contributed by atoms with Crippen molar-refractivity contribution >= 4 is 17.6 Å². The molecule has 1 fully saturated rings. The van der Waals surface area contributed by atoms with Crippen molar-refractivity contribution in [2.75, 3.05) is 0 Å². The molecular formula is C19H16N4O3. The summed E-state index contributed by atoms with van der Waals surface area (Å²) in [5.41, 5.74) is 0.135. The number of carbonyl (C=O) groups excluding carboxylic acids is 2. The average molecular weight is 348 g/mol. The van der Waals surface area contributed by atoms with Crippen molar-refractivity contribution in [3.8, 4) is 0 Å². The minimum Gasteiger partial charge on any atom is -0.319 e. The fourth-order valence-corrected chi connectivity index (χ4v) is 3.15. The molecule has 2 aromatic heterocycles. The maximum absolute atomic E-state index is 12.9. The first-order valence-corrected chi connectivity index (χ1v) is 8.16. The molecule has 26 heavy (non-hydrogen) atoms. The van der Waals surface area contributed by atoms with E-state index in [1.807, 2.05) is 18.2 Å². The normalized spacial score (nSPS) is 19.8. The first-order valence-electron chi connectivity index (χ1n) is 8.16. The van der Waals surface area contributed by atoms with Gasteiger partial charge < -0.3 is 5.32 Å². The van der Waals surface area contributed by atoms with E-state index in [1.54, 1.807) is 43.5 Å². The van der Waals surface area contributed by atoms with Crippen LogP contribution in [0.5, 0.6) is 0 Å². The van der Waals surface area contributed by atoms with E-state index in [0.717, 1.165) is 4.90 Å². The molecule has 0 saturated carbocycles. The van der Waals surface area contributed by atoms with Gasteiger partial charge in [0.15, 0.2) is 0 Å². The van der Waals surface area contributed by atoms with Crippen LogP contribution in [0.1, 0.15) is 18.2 Å². The Bertz CT molecular complexity index is 1080. The topological polar surface area (TPSA) is 83.8 Å². The summed E-state index contributed by atoms with van der Waals surface area (Å²) >= 11 is 0. The largest absolute Gasteiger partial charge is 0.325 e. The van der Waals surface area contributed by atoms with Gasteiger partial charge in [-0.2, -0.15) is 0 Å². The second-order valence-corrected chi connectivity index (χ2v) is 6.33. The van der Waals surface area contributed by atoms with Gasteiger partial charge in [-0.1, -0.05) is 36.4 Å². The lowest BCUT2D eigenvalue weighted by Gasteiger charge is -2.22. The Morgan fingerprint density at radius 3 is 2.54 bits per heavy atom. The van der Waals surface area contributed by atoms with Crippen LogP contribution in [0.4, 0.5) is 4.79 Å². The van der Waals surface area contributed by atoms with Gasteiger partial charge in [-0.3, -0.25) is 18.9 Å². The number of aromatic nitrogens is 2. The molecule has 3 heterocycles. The van der Waals surface area contributed by atoms with Crippen molar-refractivity contribution in [3.63, 3.8) is 0 Å². The van der Waals surface area contributed by atoms with Gasteiger partial charge in [-0.15, -0.1) is 0 Å². The standard InChI is InChI=1S/C19H16N4O3/c1-19(13-7-3-2-4-8-13)17(25)23(18(26)21-19)12-14-11-16(24)22-10-6-5-9-15(22)20-14/h2-11H,12H2,1H3,(H,21,26)/t19-/m0/s1. The summed E-state index contributed by atoms with van der Waals surface area (Å²) < 4.78 is 1.41. The van der Waals surface area contributed by atoms with Crippen molar-refractivity contribution in [1.29, 1.82) is 0 Å². The smallest absolute Gasteiger partial charge is 0.319 e. The first-order chi connectivity index (χ1) is 12.5. The highest BCUT2D eigenvalue weighted by Gasteiger charge is 2.48. The zero-order chi connectivity index (χ0) is 18.3. The molecule has 0 unspecified atom stereocenters. The van der Waals surface area contributed by atoms with Crippen molar-refractivity contribution in [3.05, 3.63) is 82.4 Å². The molecular weight excluding hydrogens is 332 g/mol. The summed E-state index contributed by atoms with van der Waals surface area (Å²) in [6.45, 7) is 1.61. The molecule has 0 radical (unpaired) electrons. The zero-order valence-electron chi connectivity index (χ0n) is 14.0. The third-order valence-corrected chi connectivity index (χ3v) is 4.57. The lowest BCUT2D eigenvalue weighted by atomic mass is 9.92. The van der Waals surface area contributed by atoms with Crippen LogP contribution in [0.2, 0.25) is 0 Å².